The molecule has 1 aromatic carbocycles. The Labute approximate surface area is 151 Å². The second-order valence-electron chi connectivity index (χ2n) is 5.06. The molecule has 0 saturated carbocycles. The summed E-state index contributed by atoms with van der Waals surface area (Å²) in [6, 6.07) is 7.17. The summed E-state index contributed by atoms with van der Waals surface area (Å²) in [5.41, 5.74) is 6.18. The highest BCUT2D eigenvalue weighted by atomic mass is 16.2. The fourth-order valence-electron chi connectivity index (χ4n) is 1.80. The van der Waals surface area contributed by atoms with Gasteiger partial charge in [-0.25, -0.2) is 9.59 Å². The summed E-state index contributed by atoms with van der Waals surface area (Å²) in [6.07, 6.45) is -1.24. The molecule has 0 aromatic heterocycles. The van der Waals surface area contributed by atoms with Crippen LogP contribution in [0, 0.1) is 0 Å². The van der Waals surface area contributed by atoms with Crippen LogP contribution in [0.25, 0.3) is 0 Å². The molecule has 13 nitrogen and oxygen atoms in total. The molecule has 0 atom stereocenters. The predicted molar refractivity (Wildman–Crippen MR) is 85.7 cm³/mol. The van der Waals surface area contributed by atoms with E-state index in [2.05, 4.69) is 10.4 Å². The number of imide groups is 4. The Morgan fingerprint density at radius 3 is 1.44 bits per heavy atom. The number of amides is 8. The van der Waals surface area contributed by atoms with Gasteiger partial charge in [0, 0.05) is 5.69 Å². The van der Waals surface area contributed by atoms with Gasteiger partial charge in [0.15, 0.2) is 0 Å². The van der Waals surface area contributed by atoms with Crippen LogP contribution in [0.15, 0.2) is 40.8 Å². The summed E-state index contributed by atoms with van der Waals surface area (Å²) in [6.45, 7) is 0. The lowest BCUT2D eigenvalue weighted by Gasteiger charge is -2.21. The Morgan fingerprint density at radius 2 is 1.15 bits per heavy atom. The molecule has 2 heterocycles. The van der Waals surface area contributed by atoms with Crippen molar-refractivity contribution in [2.45, 2.75) is 12.8 Å². The predicted octanol–water partition coefficient (Wildman–Crippen LogP) is -0.526. The number of urea groups is 2. The van der Waals surface area contributed by atoms with E-state index in [1.54, 1.807) is 10.6 Å². The highest BCUT2D eigenvalue weighted by Crippen LogP contribution is 2.08. The minimum absolute atomic E-state index is 0.193. The Morgan fingerprint density at radius 1 is 0.741 bits per heavy atom. The first-order chi connectivity index (χ1) is 12.8. The fraction of sp³-hybridized carbons (Fsp3) is 0.143. The van der Waals surface area contributed by atoms with Gasteiger partial charge in [0.25, 0.3) is 11.8 Å². The van der Waals surface area contributed by atoms with Crippen LogP contribution in [0.5, 0.6) is 0 Å². The number of benzene rings is 1. The number of carbonyl (C=O) groups is 6. The molecule has 0 spiro atoms. The van der Waals surface area contributed by atoms with Gasteiger partial charge in [0.2, 0.25) is 11.8 Å². The van der Waals surface area contributed by atoms with Gasteiger partial charge in [-0.2, -0.15) is 0 Å². The average Bonchev–Trinajstić information content (AvgIpc) is 2.57. The molecule has 0 aliphatic carbocycles. The molecule has 2 aliphatic heterocycles. The van der Waals surface area contributed by atoms with E-state index in [0.29, 0.717) is 0 Å². The van der Waals surface area contributed by atoms with Crippen LogP contribution in [0.3, 0.4) is 0 Å². The van der Waals surface area contributed by atoms with Crippen molar-refractivity contribution in [1.82, 2.24) is 20.7 Å². The number of rotatable bonds is 2. The molecule has 13 heteroatoms. The van der Waals surface area contributed by atoms with E-state index >= 15 is 0 Å². The number of carbonyl (C=O) groups excluding carboxylic acids is 6. The highest BCUT2D eigenvalue weighted by molar-refractivity contribution is 6.14. The molecule has 0 bridgehead atoms. The lowest BCUT2D eigenvalue weighted by atomic mass is 10.3. The van der Waals surface area contributed by atoms with Crippen LogP contribution in [-0.2, 0) is 19.2 Å². The molecule has 8 amide bonds. The third kappa shape index (κ3) is 5.15. The number of hydrogen-bond donors (Lipinski definition) is 3. The van der Waals surface area contributed by atoms with E-state index in [-0.39, 0.29) is 10.0 Å². The Kier molecular flexibility index (Phi) is 5.88. The quantitative estimate of drug-likeness (QED) is 0.352. The van der Waals surface area contributed by atoms with E-state index < -0.39 is 48.5 Å². The number of para-hydroxylation sites is 1. The van der Waals surface area contributed by atoms with Crippen molar-refractivity contribution in [1.29, 1.82) is 0 Å². The number of nitrogens with zero attached hydrogens (tertiary/aromatic N) is 4. The lowest BCUT2D eigenvalue weighted by molar-refractivity contribution is -0.140. The normalized spacial score (nSPS) is 17.5. The Hall–Kier alpha value is -4.16. The van der Waals surface area contributed by atoms with Crippen molar-refractivity contribution in [3.8, 4) is 0 Å². The van der Waals surface area contributed by atoms with E-state index in [0.717, 1.165) is 5.69 Å². The first-order valence-electron chi connectivity index (χ1n) is 7.33. The minimum Gasteiger partial charge on any atom is -0.399 e. The number of anilines is 1. The molecule has 27 heavy (non-hydrogen) atoms. The third-order valence-electron chi connectivity index (χ3n) is 2.99. The summed E-state index contributed by atoms with van der Waals surface area (Å²) >= 11 is 0. The first kappa shape index (κ1) is 19.2. The van der Waals surface area contributed by atoms with E-state index in [9.17, 15) is 28.8 Å². The standard InChI is InChI=1S/C8H6N6O6.C6H7N/c15-3-1-5(17)13(7(19)9-3)11-12-14-6(18)2-4(16)10-8(14)20;7-6-4-2-1-3-5-6/h1-2H2,(H,9,15,19)(H,10,16,20);1-5H,7H2. The van der Waals surface area contributed by atoms with Crippen molar-refractivity contribution in [3.63, 3.8) is 0 Å². The number of nitrogens with two attached hydrogens (primary N) is 1. The minimum atomic E-state index is -1.16. The van der Waals surface area contributed by atoms with Gasteiger partial charge in [-0.1, -0.05) is 18.2 Å². The lowest BCUT2D eigenvalue weighted by Crippen LogP contribution is -2.52. The summed E-state index contributed by atoms with van der Waals surface area (Å²) in [5, 5.41) is 10.2. The first-order valence-corrected chi connectivity index (χ1v) is 7.33. The topological polar surface area (TPSA) is 184 Å². The van der Waals surface area contributed by atoms with Crippen molar-refractivity contribution in [2.24, 2.45) is 10.4 Å². The average molecular weight is 375 g/mol. The molecule has 140 valence electrons. The van der Waals surface area contributed by atoms with Gasteiger partial charge in [-0.05, 0) is 22.6 Å². The molecule has 2 fully saturated rings. The Bertz CT molecular complexity index is 748. The zero-order chi connectivity index (χ0) is 20.0. The maximum atomic E-state index is 11.3. The maximum Gasteiger partial charge on any atom is 0.353 e. The number of nitrogens with one attached hydrogen (secondary N) is 2. The molecule has 0 radical (unpaired) electrons. The maximum absolute atomic E-state index is 11.3. The van der Waals surface area contributed by atoms with Crippen molar-refractivity contribution < 1.29 is 28.8 Å². The molecule has 1 aromatic rings. The molecular formula is C14H13N7O6. The number of barbiturate groups is 2. The van der Waals surface area contributed by atoms with Crippen LogP contribution in [-0.4, -0.2) is 45.7 Å². The van der Waals surface area contributed by atoms with Crippen molar-refractivity contribution in [3.05, 3.63) is 30.3 Å². The smallest absolute Gasteiger partial charge is 0.353 e. The SMILES string of the molecule is Nc1ccccc1.O=C1CC(=O)N(N=NN2C(=O)CC(=O)NC2=O)C(=O)N1. The van der Waals surface area contributed by atoms with Crippen molar-refractivity contribution in [2.75, 3.05) is 5.73 Å². The Balaban J connectivity index is 0.000000313. The molecule has 0 unspecified atom stereocenters. The van der Waals surface area contributed by atoms with E-state index in [1.807, 2.05) is 30.3 Å². The summed E-state index contributed by atoms with van der Waals surface area (Å²) in [4.78, 5) is 66.9. The summed E-state index contributed by atoms with van der Waals surface area (Å²) in [5.74, 6) is -3.54. The highest BCUT2D eigenvalue weighted by Gasteiger charge is 2.34. The third-order valence-corrected chi connectivity index (χ3v) is 2.99. The van der Waals surface area contributed by atoms with Crippen molar-refractivity contribution >= 4 is 41.4 Å². The van der Waals surface area contributed by atoms with E-state index in [4.69, 9.17) is 5.73 Å². The van der Waals surface area contributed by atoms with Crippen LogP contribution in [0.4, 0.5) is 15.3 Å². The fourth-order valence-corrected chi connectivity index (χ4v) is 1.80. The molecule has 4 N–H and O–H groups in total. The summed E-state index contributed by atoms with van der Waals surface area (Å²) in [7, 11) is 0. The molecule has 2 aliphatic rings. The number of hydrogen-bond acceptors (Lipinski definition) is 9. The van der Waals surface area contributed by atoms with Gasteiger partial charge < -0.3 is 5.73 Å². The number of nitrogen functional groups attached to an aromatic ring is 1. The van der Waals surface area contributed by atoms with Crippen LogP contribution in [0.2, 0.25) is 0 Å². The second kappa shape index (κ2) is 8.28. The van der Waals surface area contributed by atoms with Gasteiger partial charge in [0.1, 0.15) is 12.8 Å². The van der Waals surface area contributed by atoms with E-state index in [1.165, 1.54) is 0 Å². The monoisotopic (exact) mass is 375 g/mol. The van der Waals surface area contributed by atoms with Crippen LogP contribution < -0.4 is 16.4 Å². The molecular weight excluding hydrogens is 362 g/mol. The molecule has 2 saturated heterocycles. The zero-order valence-electron chi connectivity index (χ0n) is 13.6. The van der Waals surface area contributed by atoms with Crippen LogP contribution in [0.1, 0.15) is 12.8 Å². The second-order valence-corrected chi connectivity index (χ2v) is 5.06. The van der Waals surface area contributed by atoms with Gasteiger partial charge in [-0.15, -0.1) is 10.0 Å². The van der Waals surface area contributed by atoms with Gasteiger partial charge in [0.05, 0.1) is 0 Å². The van der Waals surface area contributed by atoms with Gasteiger partial charge in [-0.3, -0.25) is 29.8 Å². The largest absolute Gasteiger partial charge is 0.399 e. The van der Waals surface area contributed by atoms with Crippen LogP contribution >= 0.6 is 0 Å². The zero-order valence-corrected chi connectivity index (χ0v) is 13.6. The van der Waals surface area contributed by atoms with Gasteiger partial charge >= 0.3 is 12.1 Å². The summed E-state index contributed by atoms with van der Waals surface area (Å²) < 4.78 is 0. The molecule has 3 rings (SSSR count).